The van der Waals surface area contributed by atoms with Crippen molar-refractivity contribution in [1.29, 1.82) is 0 Å². The number of hydrogen-bond acceptors (Lipinski definition) is 8. The Balaban J connectivity index is 1.51. The number of anilines is 1. The molecule has 1 aliphatic heterocycles. The fourth-order valence-electron chi connectivity index (χ4n) is 3.44. The molecule has 24 heavy (non-hydrogen) atoms. The highest BCUT2D eigenvalue weighted by Crippen LogP contribution is 2.36. The topological polar surface area (TPSA) is 119 Å². The van der Waals surface area contributed by atoms with Crippen molar-refractivity contribution in [2.45, 2.75) is 55.5 Å². The molecular formula is C15H21N5O3S. The summed E-state index contributed by atoms with van der Waals surface area (Å²) in [5.74, 6) is 0.948. The van der Waals surface area contributed by atoms with Crippen molar-refractivity contribution in [1.82, 2.24) is 19.5 Å². The lowest BCUT2D eigenvalue weighted by Crippen LogP contribution is -2.32. The number of fused-ring (bicyclic) bond motifs is 1. The second kappa shape index (κ2) is 6.47. The summed E-state index contributed by atoms with van der Waals surface area (Å²) in [6.45, 7) is 0. The predicted molar refractivity (Wildman–Crippen MR) is 90.4 cm³/mol. The Kier molecular flexibility index (Phi) is 4.33. The van der Waals surface area contributed by atoms with Gasteiger partial charge in [0.15, 0.2) is 17.7 Å². The second-order valence-corrected chi connectivity index (χ2v) is 7.70. The smallest absolute Gasteiger partial charge is 0.167 e. The second-order valence-electron chi connectivity index (χ2n) is 6.37. The number of hydrogen-bond donors (Lipinski definition) is 3. The molecule has 3 heterocycles. The van der Waals surface area contributed by atoms with Crippen LogP contribution in [-0.4, -0.2) is 59.0 Å². The predicted octanol–water partition coefficient (Wildman–Crippen LogP) is 0.703. The molecule has 8 nitrogen and oxygen atoms in total. The van der Waals surface area contributed by atoms with Crippen LogP contribution in [0.25, 0.3) is 11.2 Å². The molecule has 2 aliphatic rings. The van der Waals surface area contributed by atoms with Gasteiger partial charge < -0.3 is 20.7 Å². The molecule has 1 saturated heterocycles. The van der Waals surface area contributed by atoms with Crippen molar-refractivity contribution in [3.63, 3.8) is 0 Å². The molecule has 4 N–H and O–H groups in total. The van der Waals surface area contributed by atoms with Crippen LogP contribution in [0.2, 0.25) is 0 Å². The van der Waals surface area contributed by atoms with Gasteiger partial charge in [-0.2, -0.15) is 11.8 Å². The first kappa shape index (κ1) is 16.1. The number of nitrogens with two attached hydrogens (primary N) is 1. The van der Waals surface area contributed by atoms with E-state index >= 15 is 0 Å². The Morgan fingerprint density at radius 1 is 1.21 bits per heavy atom. The van der Waals surface area contributed by atoms with E-state index in [1.165, 1.54) is 38.3 Å². The third kappa shape index (κ3) is 2.75. The number of rotatable bonds is 4. The molecule has 0 radical (unpaired) electrons. The molecule has 0 aromatic carbocycles. The first-order valence-corrected chi connectivity index (χ1v) is 9.26. The Morgan fingerprint density at radius 3 is 2.79 bits per heavy atom. The van der Waals surface area contributed by atoms with Crippen molar-refractivity contribution in [3.8, 4) is 0 Å². The average molecular weight is 351 g/mol. The van der Waals surface area contributed by atoms with Gasteiger partial charge in [-0.25, -0.2) is 15.0 Å². The fourth-order valence-corrected chi connectivity index (χ4v) is 4.84. The standard InChI is InChI=1S/C15H21N5O3S/c16-13-10-14(18-6-17-13)20(7-19-10)15-12(22)11(21)9(23-15)5-24-8-3-1-2-4-8/h6-9,11-12,15,21-22H,1-5H2,(H2,16,17,18)/t9-,11-,12-,15-/m1/s1. The lowest BCUT2D eigenvalue weighted by Gasteiger charge is -2.17. The van der Waals surface area contributed by atoms with Crippen molar-refractivity contribution in [2.24, 2.45) is 0 Å². The monoisotopic (exact) mass is 351 g/mol. The van der Waals surface area contributed by atoms with E-state index in [1.54, 1.807) is 4.57 Å². The van der Waals surface area contributed by atoms with Crippen LogP contribution < -0.4 is 5.73 Å². The summed E-state index contributed by atoms with van der Waals surface area (Å²) >= 11 is 1.83. The number of aliphatic hydroxyl groups is 2. The summed E-state index contributed by atoms with van der Waals surface area (Å²) < 4.78 is 7.55. The summed E-state index contributed by atoms with van der Waals surface area (Å²) in [6.07, 6.45) is 4.76. The third-order valence-corrected chi connectivity index (χ3v) is 6.26. The third-order valence-electron chi connectivity index (χ3n) is 4.80. The highest BCUT2D eigenvalue weighted by molar-refractivity contribution is 7.99. The van der Waals surface area contributed by atoms with Crippen LogP contribution in [0.4, 0.5) is 5.82 Å². The van der Waals surface area contributed by atoms with Gasteiger partial charge >= 0.3 is 0 Å². The number of ether oxygens (including phenoxy) is 1. The summed E-state index contributed by atoms with van der Waals surface area (Å²) in [7, 11) is 0. The van der Waals surface area contributed by atoms with Crippen molar-refractivity contribution >= 4 is 28.7 Å². The summed E-state index contributed by atoms with van der Waals surface area (Å²) in [5, 5.41) is 21.4. The molecule has 0 spiro atoms. The Labute approximate surface area is 143 Å². The zero-order valence-corrected chi connectivity index (χ0v) is 14.0. The number of aromatic nitrogens is 4. The molecule has 0 unspecified atom stereocenters. The molecule has 1 saturated carbocycles. The van der Waals surface area contributed by atoms with Crippen LogP contribution in [0.1, 0.15) is 31.9 Å². The van der Waals surface area contributed by atoms with Crippen molar-refractivity contribution < 1.29 is 14.9 Å². The van der Waals surface area contributed by atoms with E-state index in [0.29, 0.717) is 22.2 Å². The molecule has 1 aliphatic carbocycles. The van der Waals surface area contributed by atoms with Gasteiger partial charge in [0.05, 0.1) is 12.4 Å². The molecule has 0 amide bonds. The zero-order valence-electron chi connectivity index (χ0n) is 13.2. The number of imidazole rings is 1. The average Bonchev–Trinajstić information content (AvgIpc) is 3.28. The molecule has 2 aromatic heterocycles. The van der Waals surface area contributed by atoms with E-state index in [-0.39, 0.29) is 5.82 Å². The highest BCUT2D eigenvalue weighted by Gasteiger charge is 2.44. The number of nitrogens with zero attached hydrogens (tertiary/aromatic N) is 4. The summed E-state index contributed by atoms with van der Waals surface area (Å²) in [6, 6.07) is 0. The Hall–Kier alpha value is -1.42. The van der Waals surface area contributed by atoms with Gasteiger partial charge in [0, 0.05) is 11.0 Å². The maximum Gasteiger partial charge on any atom is 0.167 e. The Bertz CT molecular complexity index is 720. The van der Waals surface area contributed by atoms with Gasteiger partial charge in [0.1, 0.15) is 24.1 Å². The quantitative estimate of drug-likeness (QED) is 0.736. The molecule has 130 valence electrons. The van der Waals surface area contributed by atoms with E-state index < -0.39 is 24.5 Å². The molecule has 4 atom stereocenters. The largest absolute Gasteiger partial charge is 0.387 e. The lowest BCUT2D eigenvalue weighted by atomic mass is 10.1. The van der Waals surface area contributed by atoms with E-state index in [9.17, 15) is 10.2 Å². The fraction of sp³-hybridized carbons (Fsp3) is 0.667. The van der Waals surface area contributed by atoms with E-state index in [1.807, 2.05) is 11.8 Å². The molecular weight excluding hydrogens is 330 g/mol. The van der Waals surface area contributed by atoms with Gasteiger partial charge in [-0.3, -0.25) is 4.57 Å². The number of thioether (sulfide) groups is 1. The summed E-state index contributed by atoms with van der Waals surface area (Å²) in [5.41, 5.74) is 6.75. The zero-order chi connectivity index (χ0) is 16.7. The minimum absolute atomic E-state index is 0.278. The normalized spacial score (nSPS) is 31.2. The molecule has 9 heteroatoms. The van der Waals surface area contributed by atoms with Crippen molar-refractivity contribution in [2.75, 3.05) is 11.5 Å². The van der Waals surface area contributed by atoms with Crippen LogP contribution in [0.3, 0.4) is 0 Å². The molecule has 0 bridgehead atoms. The lowest BCUT2D eigenvalue weighted by molar-refractivity contribution is -0.0289. The minimum Gasteiger partial charge on any atom is -0.387 e. The van der Waals surface area contributed by atoms with Gasteiger partial charge in [0.2, 0.25) is 0 Å². The van der Waals surface area contributed by atoms with E-state index in [2.05, 4.69) is 15.0 Å². The van der Waals surface area contributed by atoms with Crippen LogP contribution in [0.15, 0.2) is 12.7 Å². The molecule has 4 rings (SSSR count). The summed E-state index contributed by atoms with van der Waals surface area (Å²) in [4.78, 5) is 12.3. The van der Waals surface area contributed by atoms with Crippen LogP contribution in [-0.2, 0) is 4.74 Å². The van der Waals surface area contributed by atoms with Crippen molar-refractivity contribution in [3.05, 3.63) is 12.7 Å². The molecule has 2 fully saturated rings. The number of nitrogen functional groups attached to an aromatic ring is 1. The van der Waals surface area contributed by atoms with Gasteiger partial charge in [0.25, 0.3) is 0 Å². The van der Waals surface area contributed by atoms with Crippen LogP contribution in [0.5, 0.6) is 0 Å². The Morgan fingerprint density at radius 2 is 2.00 bits per heavy atom. The SMILES string of the molecule is Nc1ncnc2c1ncn2[C@@H]1O[C@H](CSC2CCCC2)[C@@H](O)[C@H]1O. The highest BCUT2D eigenvalue weighted by atomic mass is 32.2. The van der Waals surface area contributed by atoms with E-state index in [4.69, 9.17) is 10.5 Å². The maximum atomic E-state index is 10.4. The first-order valence-electron chi connectivity index (χ1n) is 8.21. The number of aliphatic hydroxyl groups excluding tert-OH is 2. The van der Waals surface area contributed by atoms with Gasteiger partial charge in [-0.05, 0) is 12.8 Å². The van der Waals surface area contributed by atoms with Gasteiger partial charge in [-0.15, -0.1) is 0 Å². The molecule has 2 aromatic rings. The van der Waals surface area contributed by atoms with Crippen LogP contribution in [0, 0.1) is 0 Å². The van der Waals surface area contributed by atoms with Gasteiger partial charge in [-0.1, -0.05) is 12.8 Å². The maximum absolute atomic E-state index is 10.4. The van der Waals surface area contributed by atoms with Crippen LogP contribution >= 0.6 is 11.8 Å². The minimum atomic E-state index is -1.03. The first-order chi connectivity index (χ1) is 11.6. The van der Waals surface area contributed by atoms with E-state index in [0.717, 1.165) is 0 Å².